The zero-order valence-corrected chi connectivity index (χ0v) is 17.9. The van der Waals surface area contributed by atoms with Gasteiger partial charge in [-0.3, -0.25) is 4.79 Å². The number of carbonyl (C=O) groups excluding carboxylic acids is 1. The minimum Gasteiger partial charge on any atom is -0.497 e. The number of benzene rings is 2. The van der Waals surface area contributed by atoms with E-state index in [1.807, 2.05) is 6.07 Å². The zero-order valence-electron chi connectivity index (χ0n) is 17.9. The summed E-state index contributed by atoms with van der Waals surface area (Å²) in [6, 6.07) is 15.8. The fraction of sp³-hybridized carbons (Fsp3) is 0.375. The van der Waals surface area contributed by atoms with Gasteiger partial charge in [0.25, 0.3) is 0 Å². The Bertz CT molecular complexity index is 809. The highest BCUT2D eigenvalue weighted by Crippen LogP contribution is 2.25. The van der Waals surface area contributed by atoms with Crippen LogP contribution in [-0.4, -0.2) is 59.4 Å². The Kier molecular flexibility index (Phi) is 8.30. The van der Waals surface area contributed by atoms with Crippen molar-refractivity contribution in [2.45, 2.75) is 6.42 Å². The average Bonchev–Trinajstić information content (AvgIpc) is 2.79. The number of piperazine rings is 1. The molecule has 0 radical (unpaired) electrons. The molecular formula is C24H33N3O3+2. The van der Waals surface area contributed by atoms with Crippen LogP contribution < -0.4 is 24.6 Å². The molecule has 0 aromatic heterocycles. The van der Waals surface area contributed by atoms with E-state index in [1.54, 1.807) is 37.3 Å². The number of nitrogens with one attached hydrogen (secondary N) is 3. The van der Waals surface area contributed by atoms with E-state index in [1.165, 1.54) is 10.5 Å². The molecule has 160 valence electrons. The van der Waals surface area contributed by atoms with Crippen LogP contribution >= 0.6 is 0 Å². The third-order valence-corrected chi connectivity index (χ3v) is 5.52. The van der Waals surface area contributed by atoms with Gasteiger partial charge in [0, 0.05) is 23.9 Å². The highest BCUT2D eigenvalue weighted by molar-refractivity contribution is 5.91. The molecule has 1 heterocycles. The summed E-state index contributed by atoms with van der Waals surface area (Å²) in [5.41, 5.74) is 1.95. The molecule has 2 aromatic rings. The van der Waals surface area contributed by atoms with Gasteiger partial charge in [0.1, 0.15) is 37.7 Å². The van der Waals surface area contributed by atoms with Crippen molar-refractivity contribution in [1.82, 2.24) is 0 Å². The SMILES string of the molecule is COc1cc(NC(=O)CC[NH+]2CC[NH+](C/C=C/c3ccccc3)CC2)cc(OC)c1. The predicted octanol–water partition coefficient (Wildman–Crippen LogP) is 0.529. The monoisotopic (exact) mass is 411 g/mol. The quantitative estimate of drug-likeness (QED) is 0.564. The smallest absolute Gasteiger partial charge is 0.230 e. The number of anilines is 1. The largest absolute Gasteiger partial charge is 0.497 e. The van der Waals surface area contributed by atoms with Gasteiger partial charge in [-0.1, -0.05) is 36.4 Å². The van der Waals surface area contributed by atoms with Crippen LogP contribution in [0.15, 0.2) is 54.6 Å². The van der Waals surface area contributed by atoms with Crippen LogP contribution in [0.1, 0.15) is 12.0 Å². The van der Waals surface area contributed by atoms with E-state index in [-0.39, 0.29) is 5.91 Å². The molecule has 0 unspecified atom stereocenters. The summed E-state index contributed by atoms with van der Waals surface area (Å²) >= 11 is 0. The topological polar surface area (TPSA) is 56.4 Å². The molecular weight excluding hydrogens is 378 g/mol. The molecule has 3 N–H and O–H groups in total. The summed E-state index contributed by atoms with van der Waals surface area (Å²) in [4.78, 5) is 15.5. The number of amides is 1. The second kappa shape index (κ2) is 11.4. The van der Waals surface area contributed by atoms with E-state index in [0.717, 1.165) is 39.3 Å². The van der Waals surface area contributed by atoms with E-state index in [9.17, 15) is 4.79 Å². The second-order valence-electron chi connectivity index (χ2n) is 7.67. The van der Waals surface area contributed by atoms with E-state index in [0.29, 0.717) is 23.6 Å². The molecule has 1 aliphatic rings. The lowest BCUT2D eigenvalue weighted by molar-refractivity contribution is -1.01. The number of ether oxygens (including phenoxy) is 2. The maximum Gasteiger partial charge on any atom is 0.230 e. The van der Waals surface area contributed by atoms with Crippen LogP contribution in [0.25, 0.3) is 6.08 Å². The van der Waals surface area contributed by atoms with Crippen molar-refractivity contribution in [3.05, 3.63) is 60.2 Å². The Morgan fingerprint density at radius 1 is 0.967 bits per heavy atom. The number of hydrogen-bond donors (Lipinski definition) is 3. The van der Waals surface area contributed by atoms with Crippen molar-refractivity contribution in [2.75, 3.05) is 58.8 Å². The number of quaternary nitrogens is 2. The van der Waals surface area contributed by atoms with Crippen LogP contribution in [-0.2, 0) is 4.79 Å². The first-order chi connectivity index (χ1) is 14.7. The van der Waals surface area contributed by atoms with Crippen LogP contribution in [0.2, 0.25) is 0 Å². The predicted molar refractivity (Wildman–Crippen MR) is 119 cm³/mol. The van der Waals surface area contributed by atoms with Gasteiger partial charge in [-0.05, 0) is 11.6 Å². The van der Waals surface area contributed by atoms with Gasteiger partial charge in [0.05, 0.1) is 33.7 Å². The lowest BCUT2D eigenvalue weighted by atomic mass is 10.2. The Balaban J connectivity index is 1.37. The molecule has 0 saturated carbocycles. The first kappa shape index (κ1) is 21.9. The molecule has 1 amide bonds. The molecule has 30 heavy (non-hydrogen) atoms. The van der Waals surface area contributed by atoms with Gasteiger partial charge in [0.15, 0.2) is 0 Å². The van der Waals surface area contributed by atoms with Crippen molar-refractivity contribution in [2.24, 2.45) is 0 Å². The summed E-state index contributed by atoms with van der Waals surface area (Å²) in [5.74, 6) is 1.35. The Hall–Kier alpha value is -2.83. The molecule has 6 heteroatoms. The van der Waals surface area contributed by atoms with Crippen LogP contribution in [0.4, 0.5) is 5.69 Å². The number of hydrogen-bond acceptors (Lipinski definition) is 3. The summed E-state index contributed by atoms with van der Waals surface area (Å²) in [6.45, 7) is 6.41. The van der Waals surface area contributed by atoms with Gasteiger partial charge >= 0.3 is 0 Å². The maximum atomic E-state index is 12.4. The minimum atomic E-state index is 0.0263. The summed E-state index contributed by atoms with van der Waals surface area (Å²) in [7, 11) is 3.20. The van der Waals surface area contributed by atoms with E-state index in [2.05, 4.69) is 41.7 Å². The first-order valence-corrected chi connectivity index (χ1v) is 10.6. The zero-order chi connectivity index (χ0) is 21.2. The third kappa shape index (κ3) is 6.90. The maximum absolute atomic E-state index is 12.4. The molecule has 0 aliphatic carbocycles. The van der Waals surface area contributed by atoms with Crippen LogP contribution in [0, 0.1) is 0 Å². The summed E-state index contributed by atoms with van der Waals surface area (Å²) in [5, 5.41) is 2.96. The average molecular weight is 412 g/mol. The molecule has 3 rings (SSSR count). The first-order valence-electron chi connectivity index (χ1n) is 10.6. The van der Waals surface area contributed by atoms with Crippen molar-refractivity contribution in [3.63, 3.8) is 0 Å². The van der Waals surface area contributed by atoms with Gasteiger partial charge in [-0.2, -0.15) is 0 Å². The molecule has 0 atom stereocenters. The Morgan fingerprint density at radius 2 is 1.60 bits per heavy atom. The van der Waals surface area contributed by atoms with Gasteiger partial charge in [0.2, 0.25) is 5.91 Å². The summed E-state index contributed by atoms with van der Waals surface area (Å²) in [6.07, 6.45) is 4.98. The Labute approximate surface area is 179 Å². The third-order valence-electron chi connectivity index (χ3n) is 5.52. The number of rotatable bonds is 9. The van der Waals surface area contributed by atoms with E-state index < -0.39 is 0 Å². The van der Waals surface area contributed by atoms with Crippen molar-refractivity contribution < 1.29 is 24.1 Å². The highest BCUT2D eigenvalue weighted by atomic mass is 16.5. The van der Waals surface area contributed by atoms with Gasteiger partial charge < -0.3 is 24.6 Å². The second-order valence-corrected chi connectivity index (χ2v) is 7.67. The normalized spacial score (nSPS) is 18.9. The standard InChI is InChI=1S/C24H31N3O3/c1-29-22-17-21(18-23(19-22)30-2)25-24(28)10-12-27-15-13-26(14-16-27)11-6-9-20-7-4-3-5-8-20/h3-9,17-19H,10-16H2,1-2H3,(H,25,28)/p+2/b9-6+. The van der Waals surface area contributed by atoms with Crippen molar-refractivity contribution in [1.29, 1.82) is 0 Å². The lowest BCUT2D eigenvalue weighted by Gasteiger charge is -2.29. The molecule has 1 saturated heterocycles. The van der Waals surface area contributed by atoms with Crippen molar-refractivity contribution >= 4 is 17.7 Å². The minimum absolute atomic E-state index is 0.0263. The summed E-state index contributed by atoms with van der Waals surface area (Å²) < 4.78 is 10.5. The van der Waals surface area contributed by atoms with Gasteiger partial charge in [-0.15, -0.1) is 0 Å². The molecule has 0 spiro atoms. The molecule has 1 aliphatic heterocycles. The molecule has 1 fully saturated rings. The number of methoxy groups -OCH3 is 2. The Morgan fingerprint density at radius 3 is 2.23 bits per heavy atom. The van der Waals surface area contributed by atoms with Crippen LogP contribution in [0.5, 0.6) is 11.5 Å². The fourth-order valence-electron chi connectivity index (χ4n) is 3.73. The molecule has 2 aromatic carbocycles. The fourth-order valence-corrected chi connectivity index (χ4v) is 3.73. The van der Waals surface area contributed by atoms with Gasteiger partial charge in [-0.25, -0.2) is 0 Å². The van der Waals surface area contributed by atoms with E-state index in [4.69, 9.17) is 9.47 Å². The molecule has 6 nitrogen and oxygen atoms in total. The lowest BCUT2D eigenvalue weighted by Crippen LogP contribution is -3.28. The highest BCUT2D eigenvalue weighted by Gasteiger charge is 2.22. The van der Waals surface area contributed by atoms with Crippen LogP contribution in [0.3, 0.4) is 0 Å². The van der Waals surface area contributed by atoms with Crippen molar-refractivity contribution in [3.8, 4) is 11.5 Å². The number of carbonyl (C=O) groups is 1. The van der Waals surface area contributed by atoms with E-state index >= 15 is 0 Å². The molecule has 0 bridgehead atoms.